The van der Waals surface area contributed by atoms with Gasteiger partial charge in [-0.25, -0.2) is 4.99 Å². The second-order valence-corrected chi connectivity index (χ2v) is 6.72. The van der Waals surface area contributed by atoms with Crippen LogP contribution >= 0.6 is 24.0 Å². The fourth-order valence-corrected chi connectivity index (χ4v) is 2.54. The normalized spacial score (nSPS) is 11.3. The van der Waals surface area contributed by atoms with Gasteiger partial charge in [-0.3, -0.25) is 0 Å². The molecule has 0 aliphatic carbocycles. The number of aryl methyl sites for hydroxylation is 1. The molecule has 0 amide bonds. The Labute approximate surface area is 193 Å². The van der Waals surface area contributed by atoms with Gasteiger partial charge in [0, 0.05) is 59.0 Å². The van der Waals surface area contributed by atoms with Crippen molar-refractivity contribution in [2.24, 2.45) is 4.99 Å². The number of aliphatic imine (C=N–C) groups is 1. The molecule has 0 heterocycles. The van der Waals surface area contributed by atoms with E-state index in [-0.39, 0.29) is 24.0 Å². The summed E-state index contributed by atoms with van der Waals surface area (Å²) in [6.45, 7) is 10.3. The molecule has 0 saturated heterocycles. The molecule has 29 heavy (non-hydrogen) atoms. The van der Waals surface area contributed by atoms with Crippen molar-refractivity contribution in [3.8, 4) is 5.75 Å². The van der Waals surface area contributed by atoms with Crippen molar-refractivity contribution < 1.29 is 14.2 Å². The monoisotopic (exact) mass is 522 g/mol. The van der Waals surface area contributed by atoms with Crippen LogP contribution in [0.1, 0.15) is 24.5 Å². The van der Waals surface area contributed by atoms with E-state index in [1.165, 1.54) is 5.56 Å². The number of halogens is 1. The van der Waals surface area contributed by atoms with Crippen molar-refractivity contribution in [3.63, 3.8) is 0 Å². The van der Waals surface area contributed by atoms with Gasteiger partial charge in [0.25, 0.3) is 0 Å². The molecule has 0 atom stereocenters. The summed E-state index contributed by atoms with van der Waals surface area (Å²) in [6.07, 6.45) is 0.869. The number of rotatable bonds is 14. The van der Waals surface area contributed by atoms with Crippen LogP contribution in [-0.4, -0.2) is 78.1 Å². The van der Waals surface area contributed by atoms with Crippen LogP contribution in [0.3, 0.4) is 0 Å². The van der Waals surface area contributed by atoms with Crippen LogP contribution in [0.15, 0.2) is 23.2 Å². The molecule has 0 bridgehead atoms. The van der Waals surface area contributed by atoms with Gasteiger partial charge in [0.2, 0.25) is 0 Å². The fraction of sp³-hybridized carbons (Fsp3) is 0.667. The van der Waals surface area contributed by atoms with Crippen molar-refractivity contribution in [1.29, 1.82) is 0 Å². The highest BCUT2D eigenvalue weighted by Gasteiger charge is 2.06. The molecule has 0 aromatic heterocycles. The first-order valence-corrected chi connectivity index (χ1v) is 10.0. The summed E-state index contributed by atoms with van der Waals surface area (Å²) in [5.41, 5.74) is 2.26. The van der Waals surface area contributed by atoms with Crippen molar-refractivity contribution in [1.82, 2.24) is 15.5 Å². The maximum Gasteiger partial charge on any atom is 0.191 e. The molecule has 2 N–H and O–H groups in total. The minimum atomic E-state index is 0. The van der Waals surface area contributed by atoms with E-state index < -0.39 is 0 Å². The van der Waals surface area contributed by atoms with E-state index in [0.717, 1.165) is 56.5 Å². The molecule has 1 rings (SSSR count). The molecule has 0 saturated carbocycles. The Morgan fingerprint density at radius 3 is 2.52 bits per heavy atom. The van der Waals surface area contributed by atoms with Gasteiger partial charge in [0.1, 0.15) is 5.75 Å². The summed E-state index contributed by atoms with van der Waals surface area (Å²) >= 11 is 0. The third-order valence-electron chi connectivity index (χ3n) is 4.19. The average Bonchev–Trinajstić information content (AvgIpc) is 2.68. The smallest absolute Gasteiger partial charge is 0.191 e. The number of methoxy groups -OCH3 is 2. The van der Waals surface area contributed by atoms with E-state index in [0.29, 0.717) is 19.8 Å². The van der Waals surface area contributed by atoms with Crippen LogP contribution in [0.4, 0.5) is 0 Å². The van der Waals surface area contributed by atoms with Gasteiger partial charge in [-0.05, 0) is 32.5 Å². The van der Waals surface area contributed by atoms with E-state index in [4.69, 9.17) is 19.2 Å². The lowest BCUT2D eigenvalue weighted by Crippen LogP contribution is -2.41. The third kappa shape index (κ3) is 12.9. The molecule has 0 fully saturated rings. The van der Waals surface area contributed by atoms with Gasteiger partial charge in [0.05, 0.1) is 19.8 Å². The van der Waals surface area contributed by atoms with Crippen molar-refractivity contribution in [2.75, 3.05) is 67.3 Å². The Morgan fingerprint density at radius 1 is 1.07 bits per heavy atom. The molecule has 7 nitrogen and oxygen atoms in total. The summed E-state index contributed by atoms with van der Waals surface area (Å²) in [4.78, 5) is 6.95. The van der Waals surface area contributed by atoms with E-state index in [1.807, 2.05) is 0 Å². The molecule has 0 aliphatic rings. The molecule has 168 valence electrons. The van der Waals surface area contributed by atoms with E-state index in [2.05, 4.69) is 54.6 Å². The molecule has 1 aromatic carbocycles. The van der Waals surface area contributed by atoms with E-state index >= 15 is 0 Å². The minimum absolute atomic E-state index is 0. The van der Waals surface area contributed by atoms with Gasteiger partial charge in [-0.1, -0.05) is 12.1 Å². The van der Waals surface area contributed by atoms with E-state index in [9.17, 15) is 0 Å². The van der Waals surface area contributed by atoms with Crippen molar-refractivity contribution in [2.45, 2.75) is 26.8 Å². The molecule has 0 radical (unpaired) electrons. The Balaban J connectivity index is 0.00000784. The van der Waals surface area contributed by atoms with Crippen LogP contribution in [-0.2, 0) is 16.0 Å². The number of ether oxygens (including phenoxy) is 3. The number of benzene rings is 1. The number of guanidine groups is 1. The van der Waals surface area contributed by atoms with Crippen LogP contribution in [0.5, 0.6) is 5.75 Å². The first kappa shape index (κ1) is 27.9. The van der Waals surface area contributed by atoms with Gasteiger partial charge >= 0.3 is 0 Å². The van der Waals surface area contributed by atoms with Gasteiger partial charge in [0.15, 0.2) is 5.96 Å². The first-order valence-electron chi connectivity index (χ1n) is 10.0. The lowest BCUT2D eigenvalue weighted by atomic mass is 10.1. The fourth-order valence-electron chi connectivity index (χ4n) is 2.54. The molecule has 0 aliphatic heterocycles. The Kier molecular flexibility index (Phi) is 17.1. The summed E-state index contributed by atoms with van der Waals surface area (Å²) in [5, 5.41) is 6.69. The number of hydrogen-bond acceptors (Lipinski definition) is 5. The quantitative estimate of drug-likeness (QED) is 0.170. The number of hydrogen-bond donors (Lipinski definition) is 2. The highest BCUT2D eigenvalue weighted by atomic mass is 127. The van der Waals surface area contributed by atoms with Crippen LogP contribution in [0, 0.1) is 6.92 Å². The van der Waals surface area contributed by atoms with Crippen LogP contribution in [0.2, 0.25) is 0 Å². The third-order valence-corrected chi connectivity index (χ3v) is 4.19. The zero-order valence-corrected chi connectivity index (χ0v) is 21.0. The van der Waals surface area contributed by atoms with Crippen molar-refractivity contribution >= 4 is 29.9 Å². The molecular formula is C21H39IN4O3. The molecule has 0 unspecified atom stereocenters. The zero-order chi connectivity index (χ0) is 20.6. The predicted octanol–water partition coefficient (Wildman–Crippen LogP) is 2.66. The predicted molar refractivity (Wildman–Crippen MR) is 131 cm³/mol. The van der Waals surface area contributed by atoms with Crippen molar-refractivity contribution in [3.05, 3.63) is 29.3 Å². The molecular weight excluding hydrogens is 483 g/mol. The first-order chi connectivity index (χ1) is 13.6. The Morgan fingerprint density at radius 2 is 1.83 bits per heavy atom. The lowest BCUT2D eigenvalue weighted by molar-refractivity contribution is 0.162. The van der Waals surface area contributed by atoms with E-state index in [1.54, 1.807) is 14.2 Å². The van der Waals surface area contributed by atoms with Gasteiger partial charge < -0.3 is 29.7 Å². The maximum atomic E-state index is 5.95. The summed E-state index contributed by atoms with van der Waals surface area (Å²) in [7, 11) is 5.52. The lowest BCUT2D eigenvalue weighted by Gasteiger charge is -2.18. The zero-order valence-electron chi connectivity index (χ0n) is 18.6. The summed E-state index contributed by atoms with van der Waals surface area (Å²) in [5.74, 6) is 1.71. The molecule has 0 spiro atoms. The second kappa shape index (κ2) is 17.7. The highest BCUT2D eigenvalue weighted by molar-refractivity contribution is 14.0. The number of nitrogens with zero attached hydrogens (tertiary/aromatic N) is 2. The van der Waals surface area contributed by atoms with Crippen LogP contribution < -0.4 is 15.4 Å². The topological polar surface area (TPSA) is 67.4 Å². The molecule has 8 heteroatoms. The largest absolute Gasteiger partial charge is 0.493 e. The number of likely N-dealkylation sites (N-methyl/N-ethyl adjacent to an activating group) is 1. The average molecular weight is 522 g/mol. The summed E-state index contributed by atoms with van der Waals surface area (Å²) < 4.78 is 16.2. The maximum absolute atomic E-state index is 5.95. The summed E-state index contributed by atoms with van der Waals surface area (Å²) in [6, 6.07) is 6.26. The SMILES string of the molecule is CCNC(=NCc1ccc(C)cc1OCCCOC)NCCN(C)CCOC.I. The Bertz CT molecular complexity index is 573. The second-order valence-electron chi connectivity index (χ2n) is 6.72. The van der Waals surface area contributed by atoms with Gasteiger partial charge in [-0.2, -0.15) is 0 Å². The van der Waals surface area contributed by atoms with Gasteiger partial charge in [-0.15, -0.1) is 24.0 Å². The van der Waals surface area contributed by atoms with Crippen LogP contribution in [0.25, 0.3) is 0 Å². The minimum Gasteiger partial charge on any atom is -0.493 e. The standard InChI is InChI=1S/C21H38N4O3.HI/c1-6-22-21(23-10-11-25(3)12-15-27-5)24-17-19-9-8-18(2)16-20(19)28-14-7-13-26-4;/h8-9,16H,6-7,10-15,17H2,1-5H3,(H2,22,23,24);1H. The molecule has 1 aromatic rings. The number of nitrogens with one attached hydrogen (secondary N) is 2. The Hall–Kier alpha value is -1.10. The highest BCUT2D eigenvalue weighted by Crippen LogP contribution is 2.21.